The van der Waals surface area contributed by atoms with Crippen molar-refractivity contribution in [1.29, 1.82) is 0 Å². The minimum Gasteiger partial charge on any atom is -0.493 e. The fraction of sp³-hybridized carbons (Fsp3) is 0.241. The van der Waals surface area contributed by atoms with Crippen molar-refractivity contribution in [3.05, 3.63) is 95.6 Å². The maximum atomic E-state index is 13.2. The molecule has 178 valence electrons. The zero-order valence-corrected chi connectivity index (χ0v) is 20.0. The number of amides is 1. The molecule has 0 spiro atoms. The third-order valence-electron chi connectivity index (χ3n) is 6.46. The normalized spacial score (nSPS) is 17.7. The van der Waals surface area contributed by atoms with E-state index in [4.69, 9.17) is 14.5 Å². The van der Waals surface area contributed by atoms with Crippen LogP contribution in [0.2, 0.25) is 0 Å². The van der Waals surface area contributed by atoms with Gasteiger partial charge in [-0.2, -0.15) is 0 Å². The number of ether oxygens (including phenoxy) is 2. The number of nitrogens with zero attached hydrogens (tertiary/aromatic N) is 2. The van der Waals surface area contributed by atoms with Crippen molar-refractivity contribution >= 4 is 23.0 Å². The van der Waals surface area contributed by atoms with Gasteiger partial charge in [0.15, 0.2) is 11.5 Å². The fourth-order valence-corrected chi connectivity index (χ4v) is 4.67. The number of nitrogens with one attached hydrogen (secondary N) is 1. The molecule has 3 aromatic rings. The first-order valence-electron chi connectivity index (χ1n) is 11.8. The molecule has 2 aliphatic rings. The molecular formula is C29H29N3O3. The predicted octanol–water partition coefficient (Wildman–Crippen LogP) is 5.32. The molecule has 0 bridgehead atoms. The quantitative estimate of drug-likeness (QED) is 0.377. The summed E-state index contributed by atoms with van der Waals surface area (Å²) in [5.74, 6) is 0.474. The minimum atomic E-state index is -0.563. The number of fused-ring (bicyclic) bond motifs is 1. The highest BCUT2D eigenvalue weighted by atomic mass is 16.5. The van der Waals surface area contributed by atoms with Crippen LogP contribution in [0.25, 0.3) is 0 Å². The van der Waals surface area contributed by atoms with Crippen molar-refractivity contribution < 1.29 is 14.3 Å². The zero-order valence-electron chi connectivity index (χ0n) is 20.0. The zero-order chi connectivity index (χ0) is 24.2. The SMILES string of the molecule is COc1cc2c(cc1OC)C(C(=Nc1ccc(CN3CC=CCC3)cc1)c1ccccc1)C(=O)N2. The van der Waals surface area contributed by atoms with Gasteiger partial charge in [-0.25, -0.2) is 0 Å². The van der Waals surface area contributed by atoms with Gasteiger partial charge in [0.1, 0.15) is 5.92 Å². The van der Waals surface area contributed by atoms with Crippen molar-refractivity contribution in [2.24, 2.45) is 4.99 Å². The van der Waals surface area contributed by atoms with E-state index in [1.807, 2.05) is 48.5 Å². The largest absolute Gasteiger partial charge is 0.493 e. The second-order valence-electron chi connectivity index (χ2n) is 8.74. The number of methoxy groups -OCH3 is 2. The molecule has 6 heteroatoms. The van der Waals surface area contributed by atoms with Crippen LogP contribution in [0.15, 0.2) is 83.9 Å². The number of anilines is 1. The molecule has 35 heavy (non-hydrogen) atoms. The molecule has 0 saturated heterocycles. The number of carbonyl (C=O) groups is 1. The van der Waals surface area contributed by atoms with Gasteiger partial charge in [0.25, 0.3) is 0 Å². The fourth-order valence-electron chi connectivity index (χ4n) is 4.67. The molecule has 6 nitrogen and oxygen atoms in total. The highest BCUT2D eigenvalue weighted by Gasteiger charge is 2.36. The van der Waals surface area contributed by atoms with Crippen LogP contribution in [-0.4, -0.2) is 43.8 Å². The summed E-state index contributed by atoms with van der Waals surface area (Å²) in [6, 6.07) is 21.8. The smallest absolute Gasteiger partial charge is 0.238 e. The lowest BCUT2D eigenvalue weighted by atomic mass is 9.90. The molecule has 1 unspecified atom stereocenters. The van der Waals surface area contributed by atoms with Crippen molar-refractivity contribution in [2.45, 2.75) is 18.9 Å². The Morgan fingerprint density at radius 2 is 1.74 bits per heavy atom. The maximum absolute atomic E-state index is 13.2. The van der Waals surface area contributed by atoms with Gasteiger partial charge in [-0.05, 0) is 41.3 Å². The lowest BCUT2D eigenvalue weighted by Gasteiger charge is -2.23. The maximum Gasteiger partial charge on any atom is 0.238 e. The Hall–Kier alpha value is -3.90. The Labute approximate surface area is 205 Å². The average molecular weight is 468 g/mol. The Bertz CT molecular complexity index is 1270. The topological polar surface area (TPSA) is 63.2 Å². The molecule has 0 saturated carbocycles. The Balaban J connectivity index is 1.51. The van der Waals surface area contributed by atoms with Crippen LogP contribution in [0.4, 0.5) is 11.4 Å². The Morgan fingerprint density at radius 3 is 2.43 bits per heavy atom. The summed E-state index contributed by atoms with van der Waals surface area (Å²) in [5.41, 5.74) is 5.20. The molecule has 2 aliphatic heterocycles. The monoisotopic (exact) mass is 467 g/mol. The number of benzene rings is 3. The number of hydrogen-bond donors (Lipinski definition) is 1. The molecule has 1 N–H and O–H groups in total. The Morgan fingerprint density at radius 1 is 1.00 bits per heavy atom. The predicted molar refractivity (Wildman–Crippen MR) is 139 cm³/mol. The van der Waals surface area contributed by atoms with Crippen molar-refractivity contribution in [3.8, 4) is 11.5 Å². The third-order valence-corrected chi connectivity index (χ3v) is 6.46. The molecule has 0 aliphatic carbocycles. The lowest BCUT2D eigenvalue weighted by molar-refractivity contribution is -0.115. The Kier molecular flexibility index (Phi) is 6.64. The van der Waals surface area contributed by atoms with E-state index >= 15 is 0 Å². The first-order valence-corrected chi connectivity index (χ1v) is 11.8. The molecular weight excluding hydrogens is 438 g/mol. The van der Waals surface area contributed by atoms with Gasteiger partial charge >= 0.3 is 0 Å². The van der Waals surface area contributed by atoms with Gasteiger partial charge in [0, 0.05) is 31.4 Å². The molecule has 2 heterocycles. The summed E-state index contributed by atoms with van der Waals surface area (Å²) in [7, 11) is 3.18. The van der Waals surface area contributed by atoms with Crippen LogP contribution in [0.5, 0.6) is 11.5 Å². The molecule has 0 fully saturated rings. The van der Waals surface area contributed by atoms with Crippen LogP contribution < -0.4 is 14.8 Å². The van der Waals surface area contributed by atoms with Gasteiger partial charge in [-0.1, -0.05) is 54.6 Å². The molecule has 0 radical (unpaired) electrons. The van der Waals surface area contributed by atoms with E-state index in [0.29, 0.717) is 22.9 Å². The molecule has 1 amide bonds. The highest BCUT2D eigenvalue weighted by Crippen LogP contribution is 2.42. The van der Waals surface area contributed by atoms with Crippen molar-refractivity contribution in [1.82, 2.24) is 4.90 Å². The first kappa shape index (κ1) is 22.9. The van der Waals surface area contributed by atoms with Gasteiger partial charge in [0.2, 0.25) is 5.91 Å². The standard InChI is InChI=1S/C29H29N3O3/c1-34-25-17-23-24(18-26(25)35-2)31-29(33)27(23)28(21-9-5-3-6-10-21)30-22-13-11-20(12-14-22)19-32-15-7-4-8-16-32/h3-7,9-14,17-18,27H,8,15-16,19H2,1-2H3,(H,31,33). The number of hydrogen-bond acceptors (Lipinski definition) is 5. The highest BCUT2D eigenvalue weighted by molar-refractivity contribution is 6.24. The molecule has 3 aromatic carbocycles. The summed E-state index contributed by atoms with van der Waals surface area (Å²) in [4.78, 5) is 20.7. The number of aliphatic imine (C=N–C) groups is 1. The second-order valence-corrected chi connectivity index (χ2v) is 8.74. The van der Waals surface area contributed by atoms with Crippen LogP contribution in [0, 0.1) is 0 Å². The summed E-state index contributed by atoms with van der Waals surface area (Å²) in [6.07, 6.45) is 5.57. The van der Waals surface area contributed by atoms with E-state index in [2.05, 4.69) is 34.5 Å². The van der Waals surface area contributed by atoms with Crippen LogP contribution in [0.3, 0.4) is 0 Å². The summed E-state index contributed by atoms with van der Waals surface area (Å²) < 4.78 is 10.9. The summed E-state index contributed by atoms with van der Waals surface area (Å²) in [5, 5.41) is 3.00. The van der Waals surface area contributed by atoms with Crippen molar-refractivity contribution in [3.63, 3.8) is 0 Å². The lowest BCUT2D eigenvalue weighted by Crippen LogP contribution is -2.26. The molecule has 1 atom stereocenters. The number of carbonyl (C=O) groups excluding carboxylic acids is 1. The first-order chi connectivity index (χ1) is 17.2. The van der Waals surface area contributed by atoms with Crippen LogP contribution in [-0.2, 0) is 11.3 Å². The van der Waals surface area contributed by atoms with E-state index < -0.39 is 5.92 Å². The van der Waals surface area contributed by atoms with E-state index in [0.717, 1.165) is 42.9 Å². The van der Waals surface area contributed by atoms with Gasteiger partial charge < -0.3 is 14.8 Å². The summed E-state index contributed by atoms with van der Waals surface area (Å²) in [6.45, 7) is 2.99. The van der Waals surface area contributed by atoms with E-state index in [-0.39, 0.29) is 5.91 Å². The minimum absolute atomic E-state index is 0.118. The van der Waals surface area contributed by atoms with Gasteiger partial charge in [0.05, 0.1) is 25.6 Å². The number of rotatable bonds is 7. The third kappa shape index (κ3) is 4.84. The summed E-state index contributed by atoms with van der Waals surface area (Å²) >= 11 is 0. The molecule has 0 aromatic heterocycles. The van der Waals surface area contributed by atoms with Gasteiger partial charge in [-0.15, -0.1) is 0 Å². The second kappa shape index (κ2) is 10.2. The van der Waals surface area contributed by atoms with Crippen molar-refractivity contribution in [2.75, 3.05) is 32.6 Å². The van der Waals surface area contributed by atoms with Crippen LogP contribution >= 0.6 is 0 Å². The van der Waals surface area contributed by atoms with E-state index in [9.17, 15) is 4.79 Å². The average Bonchev–Trinajstić information content (AvgIpc) is 3.22. The van der Waals surface area contributed by atoms with E-state index in [1.165, 1.54) is 5.56 Å². The van der Waals surface area contributed by atoms with Crippen LogP contribution in [0.1, 0.15) is 29.0 Å². The van der Waals surface area contributed by atoms with E-state index in [1.54, 1.807) is 20.3 Å². The molecule has 5 rings (SSSR count). The van der Waals surface area contributed by atoms with Gasteiger partial charge in [-0.3, -0.25) is 14.7 Å².